The van der Waals surface area contributed by atoms with Crippen molar-refractivity contribution in [1.29, 1.82) is 0 Å². The van der Waals surface area contributed by atoms with E-state index in [1.54, 1.807) is 0 Å². The van der Waals surface area contributed by atoms with Gasteiger partial charge in [-0.3, -0.25) is 9.97 Å². The molecule has 0 saturated carbocycles. The lowest BCUT2D eigenvalue weighted by molar-refractivity contribution is 1.37. The van der Waals surface area contributed by atoms with E-state index in [4.69, 9.17) is 0 Å². The molecule has 0 radical (unpaired) electrons. The summed E-state index contributed by atoms with van der Waals surface area (Å²) in [6, 6.07) is 26.4. The van der Waals surface area contributed by atoms with E-state index in [0.29, 0.717) is 0 Å². The van der Waals surface area contributed by atoms with Crippen molar-refractivity contribution in [2.75, 3.05) is 0 Å². The van der Waals surface area contributed by atoms with Crippen LogP contribution >= 0.6 is 0 Å². The molecule has 0 spiro atoms. The Hall–Kier alpha value is -4.04. The minimum atomic E-state index is 1.20. The van der Waals surface area contributed by atoms with Gasteiger partial charge in [-0.05, 0) is 66.0 Å². The van der Waals surface area contributed by atoms with Gasteiger partial charge < -0.3 is 0 Å². The Morgan fingerprint density at radius 3 is 1.07 bits per heavy atom. The van der Waals surface area contributed by atoms with E-state index in [9.17, 15) is 0 Å². The van der Waals surface area contributed by atoms with Crippen LogP contribution in [0.15, 0.2) is 97.6 Å². The highest BCUT2D eigenvalue weighted by Gasteiger charge is 2.13. The van der Waals surface area contributed by atoms with Crippen molar-refractivity contribution in [3.05, 3.63) is 97.6 Å². The summed E-state index contributed by atoms with van der Waals surface area (Å²) in [5, 5.41) is 15.0. The Morgan fingerprint density at radius 1 is 0.333 bits per heavy atom. The average Bonchev–Trinajstić information content (AvgIpc) is 2.82. The van der Waals surface area contributed by atoms with Crippen LogP contribution in [0.1, 0.15) is 0 Å². The van der Waals surface area contributed by atoms with E-state index in [0.717, 1.165) is 0 Å². The summed E-state index contributed by atoms with van der Waals surface area (Å²) in [6.45, 7) is 0. The van der Waals surface area contributed by atoms with E-state index >= 15 is 0 Å². The number of hydrogen-bond donors (Lipinski definition) is 0. The molecule has 2 heterocycles. The highest BCUT2D eigenvalue weighted by atomic mass is 14.6. The number of hydrogen-bond acceptors (Lipinski definition) is 2. The minimum Gasteiger partial charge on any atom is -0.264 e. The molecular weight excluding hydrogens is 364 g/mol. The van der Waals surface area contributed by atoms with Gasteiger partial charge in [-0.15, -0.1) is 0 Å². The van der Waals surface area contributed by atoms with Crippen LogP contribution in [0.5, 0.6) is 0 Å². The first kappa shape index (κ1) is 15.8. The molecule has 0 fully saturated rings. The quantitative estimate of drug-likeness (QED) is 0.256. The van der Waals surface area contributed by atoms with E-state index in [2.05, 4.69) is 82.8 Å². The molecule has 7 aromatic rings. The highest BCUT2D eigenvalue weighted by Crippen LogP contribution is 2.41. The molecule has 0 atom stereocenters. The molecule has 0 N–H and O–H groups in total. The first-order valence-corrected chi connectivity index (χ1v) is 10.2. The molecule has 0 unspecified atom stereocenters. The zero-order valence-corrected chi connectivity index (χ0v) is 16.1. The number of nitrogens with zero attached hydrogens (tertiary/aromatic N) is 2. The maximum absolute atomic E-state index is 4.45. The van der Waals surface area contributed by atoms with Crippen LogP contribution in [0.3, 0.4) is 0 Å². The van der Waals surface area contributed by atoms with E-state index in [-0.39, 0.29) is 0 Å². The first-order chi connectivity index (χ1) is 14.9. The van der Waals surface area contributed by atoms with Crippen molar-refractivity contribution >= 4 is 64.6 Å². The third kappa shape index (κ3) is 2.03. The Kier molecular flexibility index (Phi) is 3.03. The molecular formula is C28H16N2. The Balaban J connectivity index is 1.90. The lowest BCUT2D eigenvalue weighted by atomic mass is 9.90. The van der Waals surface area contributed by atoms with Gasteiger partial charge in [-0.2, -0.15) is 0 Å². The molecule has 7 rings (SSSR count). The fourth-order valence-electron chi connectivity index (χ4n) is 5.00. The number of benzene rings is 5. The van der Waals surface area contributed by atoms with Crippen molar-refractivity contribution in [2.45, 2.75) is 0 Å². The Morgan fingerprint density at radius 2 is 0.667 bits per heavy atom. The molecule has 2 heteroatoms. The minimum absolute atomic E-state index is 1.20. The molecule has 0 aliphatic heterocycles. The van der Waals surface area contributed by atoms with Crippen molar-refractivity contribution < 1.29 is 0 Å². The van der Waals surface area contributed by atoms with Crippen molar-refractivity contribution in [3.8, 4) is 0 Å². The molecule has 0 aliphatic rings. The average molecular weight is 380 g/mol. The standard InChI is InChI=1S/C28H16N2/c1-3-19-5-7-21-9-10-22-8-6-20-4-2-18-12-14-30-16-24(18)26(20)28(22)27(21)25(19)23-15-29-13-11-17(1)23/h1-16H. The van der Waals surface area contributed by atoms with Gasteiger partial charge in [0.05, 0.1) is 0 Å². The summed E-state index contributed by atoms with van der Waals surface area (Å²) in [7, 11) is 0. The molecule has 2 aromatic heterocycles. The van der Waals surface area contributed by atoms with Gasteiger partial charge in [0.25, 0.3) is 0 Å². The number of rotatable bonds is 0. The van der Waals surface area contributed by atoms with Crippen molar-refractivity contribution in [2.24, 2.45) is 0 Å². The monoisotopic (exact) mass is 380 g/mol. The van der Waals surface area contributed by atoms with Crippen LogP contribution in [0.2, 0.25) is 0 Å². The van der Waals surface area contributed by atoms with E-state index < -0.39 is 0 Å². The summed E-state index contributed by atoms with van der Waals surface area (Å²) < 4.78 is 0. The molecule has 0 saturated heterocycles. The SMILES string of the molecule is c1cc2ccc3ccc4ccc5ccc6ccc7ccncc7c6c5c4c3c2cn1. The van der Waals surface area contributed by atoms with Gasteiger partial charge in [-0.25, -0.2) is 0 Å². The summed E-state index contributed by atoms with van der Waals surface area (Å²) in [6.07, 6.45) is 7.74. The van der Waals surface area contributed by atoms with E-state index in [1.807, 2.05) is 24.8 Å². The molecule has 2 nitrogen and oxygen atoms in total. The predicted octanol–water partition coefficient (Wildman–Crippen LogP) is 7.40. The molecule has 138 valence electrons. The lowest BCUT2D eigenvalue weighted by Gasteiger charge is -2.14. The van der Waals surface area contributed by atoms with Gasteiger partial charge >= 0.3 is 0 Å². The topological polar surface area (TPSA) is 25.8 Å². The molecule has 30 heavy (non-hydrogen) atoms. The predicted molar refractivity (Wildman–Crippen MR) is 127 cm³/mol. The summed E-state index contributed by atoms with van der Waals surface area (Å²) in [5.41, 5.74) is 0. The van der Waals surface area contributed by atoms with Crippen LogP contribution in [0.4, 0.5) is 0 Å². The van der Waals surface area contributed by atoms with Crippen molar-refractivity contribution in [3.63, 3.8) is 0 Å². The van der Waals surface area contributed by atoms with Crippen LogP contribution in [-0.4, -0.2) is 9.97 Å². The molecule has 0 aliphatic carbocycles. The van der Waals surface area contributed by atoms with Gasteiger partial charge in [0.15, 0.2) is 0 Å². The largest absolute Gasteiger partial charge is 0.264 e. The second-order valence-corrected chi connectivity index (χ2v) is 7.91. The van der Waals surface area contributed by atoms with Gasteiger partial charge in [0.2, 0.25) is 0 Å². The lowest BCUT2D eigenvalue weighted by Crippen LogP contribution is -1.87. The number of pyridine rings is 2. The normalized spacial score (nSPS) is 12.0. The third-order valence-electron chi connectivity index (χ3n) is 6.37. The van der Waals surface area contributed by atoms with Crippen LogP contribution in [-0.2, 0) is 0 Å². The number of aromatic nitrogens is 2. The molecule has 0 amide bonds. The van der Waals surface area contributed by atoms with Gasteiger partial charge in [0, 0.05) is 35.6 Å². The zero-order valence-electron chi connectivity index (χ0n) is 16.1. The fraction of sp³-hybridized carbons (Fsp3) is 0. The molecule has 5 aromatic carbocycles. The Bertz CT molecular complexity index is 1640. The third-order valence-corrected chi connectivity index (χ3v) is 6.37. The molecule has 0 bridgehead atoms. The summed E-state index contributed by atoms with van der Waals surface area (Å²) in [5.74, 6) is 0. The first-order valence-electron chi connectivity index (χ1n) is 10.2. The summed E-state index contributed by atoms with van der Waals surface area (Å²) in [4.78, 5) is 8.90. The second-order valence-electron chi connectivity index (χ2n) is 7.91. The fourth-order valence-corrected chi connectivity index (χ4v) is 5.00. The van der Waals surface area contributed by atoms with Crippen molar-refractivity contribution in [1.82, 2.24) is 9.97 Å². The van der Waals surface area contributed by atoms with Crippen LogP contribution in [0, 0.1) is 0 Å². The van der Waals surface area contributed by atoms with Gasteiger partial charge in [0.1, 0.15) is 0 Å². The van der Waals surface area contributed by atoms with Crippen LogP contribution < -0.4 is 0 Å². The van der Waals surface area contributed by atoms with E-state index in [1.165, 1.54) is 64.6 Å². The maximum atomic E-state index is 4.45. The Labute approximate surface area is 172 Å². The number of fused-ring (bicyclic) bond motifs is 11. The van der Waals surface area contributed by atoms with Gasteiger partial charge in [-0.1, -0.05) is 60.7 Å². The smallest absolute Gasteiger partial charge is 0.0352 e. The maximum Gasteiger partial charge on any atom is 0.0352 e. The highest BCUT2D eigenvalue weighted by molar-refractivity contribution is 6.34. The van der Waals surface area contributed by atoms with Crippen LogP contribution in [0.25, 0.3) is 64.6 Å². The zero-order chi connectivity index (χ0) is 19.7. The summed E-state index contributed by atoms with van der Waals surface area (Å²) >= 11 is 0. The second kappa shape index (κ2) is 5.74.